The molecule has 0 aliphatic heterocycles. The van der Waals surface area contributed by atoms with Crippen molar-refractivity contribution >= 4 is 11.9 Å². The average molecular weight is 956 g/mol. The molecule has 5 nitrogen and oxygen atoms in total. The summed E-state index contributed by atoms with van der Waals surface area (Å²) in [5.74, 6) is -0.418. The molecule has 0 aliphatic carbocycles. The van der Waals surface area contributed by atoms with E-state index in [0.29, 0.717) is 19.4 Å². The zero-order valence-corrected chi connectivity index (χ0v) is 46.1. The van der Waals surface area contributed by atoms with E-state index in [0.717, 1.165) is 57.8 Å². The monoisotopic (exact) mass is 955 g/mol. The number of hydrogen-bond donors (Lipinski definition) is 0. The summed E-state index contributed by atoms with van der Waals surface area (Å²) in [6, 6.07) is 0. The molecule has 0 heterocycles. The van der Waals surface area contributed by atoms with Crippen LogP contribution in [0.2, 0.25) is 0 Å². The van der Waals surface area contributed by atoms with Crippen molar-refractivity contribution in [1.29, 1.82) is 0 Å². The van der Waals surface area contributed by atoms with Gasteiger partial charge in [0, 0.05) is 19.4 Å². The first kappa shape index (κ1) is 66.1. The smallest absolute Gasteiger partial charge is 0.306 e. The van der Waals surface area contributed by atoms with E-state index in [2.05, 4.69) is 57.2 Å². The van der Waals surface area contributed by atoms with Gasteiger partial charge in [-0.1, -0.05) is 295 Å². The number of unbranched alkanes of at least 4 members (excludes halogenated alkanes) is 40. The van der Waals surface area contributed by atoms with Crippen molar-refractivity contribution in [3.8, 4) is 0 Å². The Morgan fingerprint density at radius 2 is 0.618 bits per heavy atom. The van der Waals surface area contributed by atoms with Gasteiger partial charge in [-0.3, -0.25) is 9.59 Å². The van der Waals surface area contributed by atoms with E-state index in [1.54, 1.807) is 0 Å². The Morgan fingerprint density at radius 1 is 0.324 bits per heavy atom. The molecule has 0 saturated heterocycles. The molecule has 0 saturated carbocycles. The van der Waals surface area contributed by atoms with Crippen LogP contribution in [0, 0.1) is 0 Å². The fourth-order valence-electron chi connectivity index (χ4n) is 9.11. The lowest BCUT2D eigenvalue weighted by Crippen LogP contribution is -2.30. The molecule has 0 aliphatic rings. The van der Waals surface area contributed by atoms with Gasteiger partial charge >= 0.3 is 11.9 Å². The van der Waals surface area contributed by atoms with Crippen molar-refractivity contribution in [3.05, 3.63) is 36.5 Å². The second-order valence-electron chi connectivity index (χ2n) is 20.6. The maximum atomic E-state index is 12.8. The lowest BCUT2D eigenvalue weighted by molar-refractivity contribution is -0.163. The van der Waals surface area contributed by atoms with Crippen LogP contribution in [0.3, 0.4) is 0 Å². The summed E-state index contributed by atoms with van der Waals surface area (Å²) in [4.78, 5) is 25.5. The van der Waals surface area contributed by atoms with Gasteiger partial charge in [0.15, 0.2) is 6.10 Å². The van der Waals surface area contributed by atoms with Gasteiger partial charge in [0.25, 0.3) is 0 Å². The van der Waals surface area contributed by atoms with Crippen molar-refractivity contribution in [1.82, 2.24) is 0 Å². The molecule has 0 rings (SSSR count). The standard InChI is InChI=1S/C63H118O5/c1-4-7-10-13-16-19-22-25-28-30-31-32-33-34-36-38-41-44-47-50-53-56-62(64)67-60-61(59-66-58-55-52-49-46-43-40-37-29-26-23-20-17-14-11-8-5-2)68-63(65)57-54-51-48-45-42-39-35-27-24-21-18-15-12-9-6-3/h18,21,27,35,42,45,61H,4-17,19-20,22-26,28-34,36-41,43-44,46-60H2,1-3H3/b21-18-,35-27-,45-42-/t61-/m1/s1. The summed E-state index contributed by atoms with van der Waals surface area (Å²) < 4.78 is 17.5. The Hall–Kier alpha value is -1.88. The summed E-state index contributed by atoms with van der Waals surface area (Å²) in [5, 5.41) is 0. The zero-order chi connectivity index (χ0) is 49.2. The summed E-state index contributed by atoms with van der Waals surface area (Å²) >= 11 is 0. The Labute approximate surface area is 425 Å². The molecule has 1 atom stereocenters. The summed E-state index contributed by atoms with van der Waals surface area (Å²) in [6.45, 7) is 7.84. The van der Waals surface area contributed by atoms with Crippen LogP contribution in [0.25, 0.3) is 0 Å². The molecule has 0 fully saturated rings. The number of hydrogen-bond acceptors (Lipinski definition) is 5. The Bertz CT molecular complexity index is 1080. The van der Waals surface area contributed by atoms with Crippen molar-refractivity contribution in [2.75, 3.05) is 19.8 Å². The van der Waals surface area contributed by atoms with Gasteiger partial charge in [0.05, 0.1) is 6.61 Å². The molecule has 0 bridgehead atoms. The number of ether oxygens (including phenoxy) is 3. The van der Waals surface area contributed by atoms with Gasteiger partial charge in [-0.25, -0.2) is 0 Å². The second kappa shape index (κ2) is 59.4. The highest BCUT2D eigenvalue weighted by Crippen LogP contribution is 2.17. The Morgan fingerprint density at radius 3 is 1.01 bits per heavy atom. The van der Waals surface area contributed by atoms with Crippen molar-refractivity contribution in [3.63, 3.8) is 0 Å². The Balaban J connectivity index is 4.22. The molecule has 68 heavy (non-hydrogen) atoms. The molecule has 0 radical (unpaired) electrons. The zero-order valence-electron chi connectivity index (χ0n) is 46.1. The summed E-state index contributed by atoms with van der Waals surface area (Å²) in [5.41, 5.74) is 0. The maximum absolute atomic E-state index is 12.8. The highest BCUT2D eigenvalue weighted by atomic mass is 16.6. The minimum Gasteiger partial charge on any atom is -0.462 e. The third-order valence-electron chi connectivity index (χ3n) is 13.7. The highest BCUT2D eigenvalue weighted by molar-refractivity contribution is 5.70. The molecule has 0 spiro atoms. The lowest BCUT2D eigenvalue weighted by Gasteiger charge is -2.18. The average Bonchev–Trinajstić information content (AvgIpc) is 3.34. The van der Waals surface area contributed by atoms with Crippen LogP contribution in [0.15, 0.2) is 36.5 Å². The van der Waals surface area contributed by atoms with Crippen LogP contribution in [-0.2, 0) is 23.8 Å². The number of rotatable bonds is 57. The van der Waals surface area contributed by atoms with E-state index >= 15 is 0 Å². The molecule has 0 N–H and O–H groups in total. The predicted octanol–water partition coefficient (Wildman–Crippen LogP) is 20.9. The third-order valence-corrected chi connectivity index (χ3v) is 13.7. The van der Waals surface area contributed by atoms with Crippen LogP contribution in [0.4, 0.5) is 0 Å². The van der Waals surface area contributed by atoms with Gasteiger partial charge in [-0.15, -0.1) is 0 Å². The van der Waals surface area contributed by atoms with Crippen LogP contribution >= 0.6 is 0 Å². The van der Waals surface area contributed by atoms with E-state index in [1.165, 1.54) is 238 Å². The second-order valence-corrected chi connectivity index (χ2v) is 20.6. The van der Waals surface area contributed by atoms with Crippen molar-refractivity contribution in [2.24, 2.45) is 0 Å². The lowest BCUT2D eigenvalue weighted by atomic mass is 10.0. The van der Waals surface area contributed by atoms with Crippen molar-refractivity contribution in [2.45, 2.75) is 335 Å². The molecular weight excluding hydrogens is 837 g/mol. The van der Waals surface area contributed by atoms with E-state index < -0.39 is 6.10 Å². The topological polar surface area (TPSA) is 61.8 Å². The third kappa shape index (κ3) is 56.7. The first-order valence-electron chi connectivity index (χ1n) is 30.5. The molecule has 0 aromatic rings. The Kier molecular flexibility index (Phi) is 57.8. The predicted molar refractivity (Wildman–Crippen MR) is 298 cm³/mol. The first-order chi connectivity index (χ1) is 33.6. The fraction of sp³-hybridized carbons (Fsp3) is 0.873. The SMILES string of the molecule is CCCCC/C=C\C/C=C\C/C=C\CCCCC(=O)O[C@H](COCCCCCCCCCCCCCCCCCC)COC(=O)CCCCCCCCCCCCCCCCCCCCCCC. The number of esters is 2. The van der Waals surface area contributed by atoms with Crippen LogP contribution in [0.1, 0.15) is 329 Å². The highest BCUT2D eigenvalue weighted by Gasteiger charge is 2.17. The molecule has 0 amide bonds. The number of carbonyl (C=O) groups excluding carboxylic acids is 2. The van der Waals surface area contributed by atoms with E-state index in [-0.39, 0.29) is 25.2 Å². The molecule has 5 heteroatoms. The van der Waals surface area contributed by atoms with Gasteiger partial charge in [-0.2, -0.15) is 0 Å². The number of carbonyl (C=O) groups is 2. The molecule has 0 aromatic heterocycles. The largest absolute Gasteiger partial charge is 0.462 e. The quantitative estimate of drug-likeness (QED) is 0.0345. The van der Waals surface area contributed by atoms with Gasteiger partial charge in [0.1, 0.15) is 6.61 Å². The van der Waals surface area contributed by atoms with Gasteiger partial charge in [0.2, 0.25) is 0 Å². The molecule has 0 unspecified atom stereocenters. The molecular formula is C63H118O5. The van der Waals surface area contributed by atoms with E-state index in [4.69, 9.17) is 14.2 Å². The van der Waals surface area contributed by atoms with Crippen LogP contribution in [0.5, 0.6) is 0 Å². The van der Waals surface area contributed by atoms with Crippen LogP contribution < -0.4 is 0 Å². The van der Waals surface area contributed by atoms with Crippen molar-refractivity contribution < 1.29 is 23.8 Å². The molecule has 0 aromatic carbocycles. The summed E-state index contributed by atoms with van der Waals surface area (Å²) in [7, 11) is 0. The van der Waals surface area contributed by atoms with E-state index in [9.17, 15) is 9.59 Å². The van der Waals surface area contributed by atoms with Gasteiger partial charge in [-0.05, 0) is 57.8 Å². The van der Waals surface area contributed by atoms with Gasteiger partial charge < -0.3 is 14.2 Å². The first-order valence-corrected chi connectivity index (χ1v) is 30.5. The molecule has 400 valence electrons. The van der Waals surface area contributed by atoms with Crippen LogP contribution in [-0.4, -0.2) is 37.9 Å². The summed E-state index contributed by atoms with van der Waals surface area (Å²) in [6.07, 6.45) is 73.2. The number of allylic oxidation sites excluding steroid dienone is 6. The normalized spacial score (nSPS) is 12.3. The minimum absolute atomic E-state index is 0.0771. The van der Waals surface area contributed by atoms with E-state index in [1.807, 2.05) is 0 Å². The minimum atomic E-state index is -0.551. The fourth-order valence-corrected chi connectivity index (χ4v) is 9.11. The maximum Gasteiger partial charge on any atom is 0.306 e.